The van der Waals surface area contributed by atoms with Crippen LogP contribution in [0.2, 0.25) is 0 Å². The van der Waals surface area contributed by atoms with Gasteiger partial charge in [0.25, 0.3) is 5.91 Å². The number of methoxy groups -OCH3 is 1. The van der Waals surface area contributed by atoms with Gasteiger partial charge in [-0.1, -0.05) is 18.2 Å². The van der Waals surface area contributed by atoms with Gasteiger partial charge >= 0.3 is 0 Å². The first-order chi connectivity index (χ1) is 13.7. The number of amides is 1. The maximum absolute atomic E-state index is 12.6. The molecule has 0 saturated carbocycles. The second-order valence-electron chi connectivity index (χ2n) is 6.08. The van der Waals surface area contributed by atoms with Crippen molar-refractivity contribution in [1.82, 2.24) is 4.98 Å². The molecule has 1 heterocycles. The average molecular weight is 377 g/mol. The van der Waals surface area contributed by atoms with Crippen molar-refractivity contribution in [2.45, 2.75) is 0 Å². The van der Waals surface area contributed by atoms with Crippen LogP contribution in [0.25, 0.3) is 0 Å². The smallest absolute Gasteiger partial charge is 0.259 e. The maximum atomic E-state index is 12.6. The summed E-state index contributed by atoms with van der Waals surface area (Å²) in [7, 11) is 3.38. The minimum Gasteiger partial charge on any atom is -0.497 e. The number of benzene rings is 2. The molecule has 0 unspecified atom stereocenters. The lowest BCUT2D eigenvalue weighted by atomic mass is 10.2. The average Bonchev–Trinajstić information content (AvgIpc) is 2.77. The van der Waals surface area contributed by atoms with E-state index in [1.807, 2.05) is 54.6 Å². The number of rotatable bonds is 8. The standard InChI is InChI=1S/C22H23N3O3/c1-25(18-6-4-3-5-7-18)22(26)17-8-13-21(24-16-17)23-14-15-28-20-11-9-19(27-2)10-12-20/h3-13,16H,14-15H2,1-2H3,(H,23,24). The Morgan fingerprint density at radius 1 is 1.00 bits per heavy atom. The van der Waals surface area contributed by atoms with Gasteiger partial charge in [-0.05, 0) is 48.5 Å². The number of hydrogen-bond donors (Lipinski definition) is 1. The molecule has 0 radical (unpaired) electrons. The van der Waals surface area contributed by atoms with Gasteiger partial charge in [-0.25, -0.2) is 4.98 Å². The third-order valence-corrected chi connectivity index (χ3v) is 4.19. The number of pyridine rings is 1. The van der Waals surface area contributed by atoms with Crippen LogP contribution in [0.3, 0.4) is 0 Å². The Morgan fingerprint density at radius 3 is 2.36 bits per heavy atom. The second kappa shape index (κ2) is 9.41. The van der Waals surface area contributed by atoms with Crippen molar-refractivity contribution in [2.24, 2.45) is 0 Å². The van der Waals surface area contributed by atoms with Crippen molar-refractivity contribution in [3.05, 3.63) is 78.5 Å². The van der Waals surface area contributed by atoms with E-state index in [1.54, 1.807) is 37.4 Å². The van der Waals surface area contributed by atoms with E-state index in [0.29, 0.717) is 24.5 Å². The summed E-state index contributed by atoms with van der Waals surface area (Å²) in [6.45, 7) is 1.08. The molecule has 6 heteroatoms. The number of nitrogens with zero attached hydrogens (tertiary/aromatic N) is 2. The van der Waals surface area contributed by atoms with Gasteiger partial charge in [0, 0.05) is 18.9 Å². The molecule has 0 fully saturated rings. The number of aromatic nitrogens is 1. The summed E-state index contributed by atoms with van der Waals surface area (Å²) in [6, 6.07) is 20.5. The van der Waals surface area contributed by atoms with E-state index >= 15 is 0 Å². The van der Waals surface area contributed by atoms with Crippen molar-refractivity contribution in [3.63, 3.8) is 0 Å². The van der Waals surface area contributed by atoms with Gasteiger partial charge in [-0.2, -0.15) is 0 Å². The van der Waals surface area contributed by atoms with Crippen molar-refractivity contribution in [2.75, 3.05) is 37.5 Å². The largest absolute Gasteiger partial charge is 0.497 e. The van der Waals surface area contributed by atoms with Crippen LogP contribution in [-0.2, 0) is 0 Å². The Balaban J connectivity index is 1.48. The molecule has 0 saturated heterocycles. The van der Waals surface area contributed by atoms with Crippen molar-refractivity contribution >= 4 is 17.4 Å². The molecule has 0 atom stereocenters. The van der Waals surface area contributed by atoms with Gasteiger partial charge < -0.3 is 19.7 Å². The molecule has 1 amide bonds. The van der Waals surface area contributed by atoms with Crippen molar-refractivity contribution in [1.29, 1.82) is 0 Å². The van der Waals surface area contributed by atoms with Crippen LogP contribution in [0, 0.1) is 0 Å². The zero-order valence-electron chi connectivity index (χ0n) is 16.0. The molecule has 1 N–H and O–H groups in total. The topological polar surface area (TPSA) is 63.7 Å². The fourth-order valence-corrected chi connectivity index (χ4v) is 2.61. The lowest BCUT2D eigenvalue weighted by Gasteiger charge is -2.17. The molecule has 3 aromatic rings. The fraction of sp³-hybridized carbons (Fsp3) is 0.182. The van der Waals surface area contributed by atoms with E-state index in [2.05, 4.69) is 10.3 Å². The molecule has 0 bridgehead atoms. The van der Waals surface area contributed by atoms with E-state index in [-0.39, 0.29) is 5.91 Å². The Bertz CT molecular complexity index is 881. The van der Waals surface area contributed by atoms with Gasteiger partial charge in [-0.15, -0.1) is 0 Å². The highest BCUT2D eigenvalue weighted by Gasteiger charge is 2.13. The molecule has 6 nitrogen and oxygen atoms in total. The number of carbonyl (C=O) groups is 1. The molecule has 1 aromatic heterocycles. The Hall–Kier alpha value is -3.54. The quantitative estimate of drug-likeness (QED) is 0.604. The molecule has 3 rings (SSSR count). The third kappa shape index (κ3) is 5.01. The van der Waals surface area contributed by atoms with Gasteiger partial charge in [0.15, 0.2) is 0 Å². The van der Waals surface area contributed by atoms with E-state index in [1.165, 1.54) is 0 Å². The van der Waals surface area contributed by atoms with E-state index < -0.39 is 0 Å². The monoisotopic (exact) mass is 377 g/mol. The number of carbonyl (C=O) groups excluding carboxylic acids is 1. The molecule has 0 aliphatic carbocycles. The van der Waals surface area contributed by atoms with E-state index in [0.717, 1.165) is 17.2 Å². The van der Waals surface area contributed by atoms with Gasteiger partial charge in [0.1, 0.15) is 23.9 Å². The second-order valence-corrected chi connectivity index (χ2v) is 6.08. The highest BCUT2D eigenvalue weighted by atomic mass is 16.5. The first-order valence-electron chi connectivity index (χ1n) is 8.97. The number of nitrogens with one attached hydrogen (secondary N) is 1. The van der Waals surface area contributed by atoms with Gasteiger partial charge in [-0.3, -0.25) is 4.79 Å². The summed E-state index contributed by atoms with van der Waals surface area (Å²) in [6.07, 6.45) is 1.58. The fourth-order valence-electron chi connectivity index (χ4n) is 2.61. The highest BCUT2D eigenvalue weighted by molar-refractivity contribution is 6.05. The SMILES string of the molecule is COc1ccc(OCCNc2ccc(C(=O)N(C)c3ccccc3)cn2)cc1. The molecule has 2 aromatic carbocycles. The van der Waals surface area contributed by atoms with Crippen LogP contribution in [0.1, 0.15) is 10.4 Å². The van der Waals surface area contributed by atoms with Crippen LogP contribution in [0.4, 0.5) is 11.5 Å². The van der Waals surface area contributed by atoms with Crippen LogP contribution in [0.5, 0.6) is 11.5 Å². The summed E-state index contributed by atoms with van der Waals surface area (Å²) in [5, 5.41) is 3.18. The lowest BCUT2D eigenvalue weighted by molar-refractivity contribution is 0.0992. The summed E-state index contributed by atoms with van der Waals surface area (Å²) in [5.41, 5.74) is 1.37. The van der Waals surface area contributed by atoms with Crippen LogP contribution in [-0.4, -0.2) is 38.2 Å². The Morgan fingerprint density at radius 2 is 1.71 bits per heavy atom. The molecular weight excluding hydrogens is 354 g/mol. The minimum atomic E-state index is -0.104. The molecule has 0 aliphatic heterocycles. The van der Waals surface area contributed by atoms with Crippen LogP contribution < -0.4 is 19.7 Å². The normalized spacial score (nSPS) is 10.2. The number of hydrogen-bond acceptors (Lipinski definition) is 5. The zero-order valence-corrected chi connectivity index (χ0v) is 16.0. The van der Waals surface area contributed by atoms with E-state index in [4.69, 9.17) is 9.47 Å². The minimum absolute atomic E-state index is 0.104. The summed E-state index contributed by atoms with van der Waals surface area (Å²) in [4.78, 5) is 18.5. The number of para-hydroxylation sites is 1. The summed E-state index contributed by atoms with van der Waals surface area (Å²) < 4.78 is 10.8. The maximum Gasteiger partial charge on any atom is 0.259 e. The predicted molar refractivity (Wildman–Crippen MR) is 110 cm³/mol. The molecule has 28 heavy (non-hydrogen) atoms. The first-order valence-corrected chi connectivity index (χ1v) is 8.97. The van der Waals surface area contributed by atoms with Crippen molar-refractivity contribution in [3.8, 4) is 11.5 Å². The molecule has 0 aliphatic rings. The summed E-state index contributed by atoms with van der Waals surface area (Å²) >= 11 is 0. The van der Waals surface area contributed by atoms with Gasteiger partial charge in [0.05, 0.1) is 19.2 Å². The van der Waals surface area contributed by atoms with Crippen LogP contribution >= 0.6 is 0 Å². The highest BCUT2D eigenvalue weighted by Crippen LogP contribution is 2.17. The van der Waals surface area contributed by atoms with Crippen molar-refractivity contribution < 1.29 is 14.3 Å². The third-order valence-electron chi connectivity index (χ3n) is 4.19. The summed E-state index contributed by atoms with van der Waals surface area (Å²) in [5.74, 6) is 2.16. The number of ether oxygens (including phenoxy) is 2. The van der Waals surface area contributed by atoms with Crippen LogP contribution in [0.15, 0.2) is 72.9 Å². The molecular formula is C22H23N3O3. The van der Waals surface area contributed by atoms with Gasteiger partial charge in [0.2, 0.25) is 0 Å². The van der Waals surface area contributed by atoms with E-state index in [9.17, 15) is 4.79 Å². The first kappa shape index (κ1) is 19.2. The predicted octanol–water partition coefficient (Wildman–Crippen LogP) is 3.86. The lowest BCUT2D eigenvalue weighted by Crippen LogP contribution is -2.26. The Kier molecular flexibility index (Phi) is 6.46. The molecule has 144 valence electrons. The molecule has 0 spiro atoms. The number of anilines is 2. The Labute approximate surface area is 164 Å². The zero-order chi connectivity index (χ0) is 19.8.